The predicted octanol–water partition coefficient (Wildman–Crippen LogP) is 4.48. The average molecular weight is 420 g/mol. The highest BCUT2D eigenvalue weighted by Gasteiger charge is 2.29. The molecule has 0 saturated heterocycles. The molecule has 5 rings (SSSR count). The first-order chi connectivity index (χ1) is 15.1. The van der Waals surface area contributed by atoms with Crippen LogP contribution >= 0.6 is 0 Å². The van der Waals surface area contributed by atoms with E-state index in [-0.39, 0.29) is 35.4 Å². The molecule has 1 aromatic carbocycles. The number of nitrogens with zero attached hydrogens (tertiary/aromatic N) is 2. The van der Waals surface area contributed by atoms with Gasteiger partial charge in [0.15, 0.2) is 5.76 Å². The van der Waals surface area contributed by atoms with Crippen molar-refractivity contribution in [2.75, 3.05) is 5.32 Å². The Morgan fingerprint density at radius 2 is 1.90 bits per heavy atom. The lowest BCUT2D eigenvalue weighted by Crippen LogP contribution is -2.32. The summed E-state index contributed by atoms with van der Waals surface area (Å²) >= 11 is 0. The molecular formula is C23H24N4O4. The number of aromatic nitrogens is 2. The molecule has 31 heavy (non-hydrogen) atoms. The molecule has 2 aliphatic carbocycles. The summed E-state index contributed by atoms with van der Waals surface area (Å²) in [6, 6.07) is 9.86. The van der Waals surface area contributed by atoms with Crippen LogP contribution in [0.1, 0.15) is 60.7 Å². The van der Waals surface area contributed by atoms with Gasteiger partial charge in [-0.3, -0.25) is 4.79 Å². The lowest BCUT2D eigenvalue weighted by atomic mass is 10.0. The second-order valence-corrected chi connectivity index (χ2v) is 8.23. The number of nitrogens with one attached hydrogen (secondary N) is 2. The maximum atomic E-state index is 12.8. The van der Waals surface area contributed by atoms with Crippen LogP contribution in [0.2, 0.25) is 0 Å². The summed E-state index contributed by atoms with van der Waals surface area (Å²) in [6.07, 6.45) is 7.73. The van der Waals surface area contributed by atoms with Crippen LogP contribution in [0.25, 0.3) is 11.3 Å². The molecule has 160 valence electrons. The molecule has 2 saturated carbocycles. The third-order valence-electron chi connectivity index (χ3n) is 5.88. The van der Waals surface area contributed by atoms with Crippen molar-refractivity contribution in [2.45, 2.75) is 50.5 Å². The fourth-order valence-electron chi connectivity index (χ4n) is 4.09. The van der Waals surface area contributed by atoms with E-state index >= 15 is 0 Å². The SMILES string of the molecule is O=C(Nc1ccc(O)c(-c2cc(C3CCCC3)n(C(=O)NC3CC3)n2)c1)c1ccco1. The summed E-state index contributed by atoms with van der Waals surface area (Å²) in [5.41, 5.74) is 2.32. The predicted molar refractivity (Wildman–Crippen MR) is 114 cm³/mol. The van der Waals surface area contributed by atoms with E-state index in [0.29, 0.717) is 16.9 Å². The van der Waals surface area contributed by atoms with Crippen LogP contribution in [-0.4, -0.2) is 32.9 Å². The largest absolute Gasteiger partial charge is 0.507 e. The van der Waals surface area contributed by atoms with Gasteiger partial charge >= 0.3 is 6.03 Å². The topological polar surface area (TPSA) is 109 Å². The van der Waals surface area contributed by atoms with Gasteiger partial charge in [0.05, 0.1) is 17.7 Å². The van der Waals surface area contributed by atoms with Crippen LogP contribution in [0.5, 0.6) is 5.75 Å². The number of aromatic hydroxyl groups is 1. The number of carbonyl (C=O) groups excluding carboxylic acids is 2. The van der Waals surface area contributed by atoms with E-state index in [9.17, 15) is 14.7 Å². The number of phenolic OH excluding ortho intramolecular Hbond substituents is 1. The minimum atomic E-state index is -0.386. The van der Waals surface area contributed by atoms with Crippen LogP contribution in [0.4, 0.5) is 10.5 Å². The quantitative estimate of drug-likeness (QED) is 0.527. The Bertz CT molecular complexity index is 1110. The van der Waals surface area contributed by atoms with Gasteiger partial charge in [0, 0.05) is 23.2 Å². The molecule has 2 aliphatic rings. The zero-order valence-corrected chi connectivity index (χ0v) is 17.0. The van der Waals surface area contributed by atoms with E-state index in [1.54, 1.807) is 24.3 Å². The minimum Gasteiger partial charge on any atom is -0.507 e. The Balaban J connectivity index is 1.47. The Morgan fingerprint density at radius 1 is 1.10 bits per heavy atom. The first-order valence-electron chi connectivity index (χ1n) is 10.7. The molecule has 0 unspecified atom stereocenters. The highest BCUT2D eigenvalue weighted by Crippen LogP contribution is 2.38. The average Bonchev–Trinajstić information content (AvgIpc) is 3.23. The van der Waals surface area contributed by atoms with Crippen LogP contribution in [0.3, 0.4) is 0 Å². The van der Waals surface area contributed by atoms with Crippen molar-refractivity contribution < 1.29 is 19.1 Å². The third-order valence-corrected chi connectivity index (χ3v) is 5.88. The third kappa shape index (κ3) is 4.05. The molecule has 2 amide bonds. The number of amides is 2. The number of furan rings is 1. The van der Waals surface area contributed by atoms with E-state index in [4.69, 9.17) is 4.42 Å². The van der Waals surface area contributed by atoms with E-state index in [1.165, 1.54) is 17.0 Å². The van der Waals surface area contributed by atoms with Crippen molar-refractivity contribution >= 4 is 17.6 Å². The lowest BCUT2D eigenvalue weighted by Gasteiger charge is -2.11. The van der Waals surface area contributed by atoms with Crippen LogP contribution in [0, 0.1) is 0 Å². The maximum Gasteiger partial charge on any atom is 0.342 e. The molecular weight excluding hydrogens is 396 g/mol. The van der Waals surface area contributed by atoms with Gasteiger partial charge in [-0.2, -0.15) is 9.78 Å². The number of phenols is 1. The monoisotopic (exact) mass is 420 g/mol. The molecule has 8 nitrogen and oxygen atoms in total. The number of hydrogen-bond donors (Lipinski definition) is 3. The molecule has 0 aliphatic heterocycles. The zero-order valence-electron chi connectivity index (χ0n) is 17.0. The normalized spacial score (nSPS) is 16.4. The smallest absolute Gasteiger partial charge is 0.342 e. The van der Waals surface area contributed by atoms with Crippen LogP contribution < -0.4 is 10.6 Å². The summed E-state index contributed by atoms with van der Waals surface area (Å²) in [5, 5.41) is 20.8. The van der Waals surface area contributed by atoms with Crippen LogP contribution in [0.15, 0.2) is 47.1 Å². The summed E-state index contributed by atoms with van der Waals surface area (Å²) in [4.78, 5) is 25.1. The van der Waals surface area contributed by atoms with Gasteiger partial charge in [-0.15, -0.1) is 0 Å². The molecule has 0 bridgehead atoms. The second kappa shape index (κ2) is 7.94. The fourth-order valence-corrected chi connectivity index (χ4v) is 4.09. The highest BCUT2D eigenvalue weighted by atomic mass is 16.3. The standard InChI is InChI=1S/C23H24N4O4/c28-20-10-9-16(24-22(29)21-6-3-11-31-21)12-17(20)18-13-19(14-4-1-2-5-14)27(26-18)23(30)25-15-7-8-15/h3,6,9-15,28H,1-2,4-5,7-8H2,(H,24,29)(H,25,30). The molecule has 3 aromatic rings. The number of benzene rings is 1. The minimum absolute atomic E-state index is 0.0289. The molecule has 0 atom stereocenters. The molecule has 0 radical (unpaired) electrons. The molecule has 0 spiro atoms. The Morgan fingerprint density at radius 3 is 2.61 bits per heavy atom. The molecule has 8 heteroatoms. The zero-order chi connectivity index (χ0) is 21.4. The summed E-state index contributed by atoms with van der Waals surface area (Å²) in [6.45, 7) is 0. The second-order valence-electron chi connectivity index (χ2n) is 8.23. The number of hydrogen-bond acceptors (Lipinski definition) is 5. The van der Waals surface area contributed by atoms with E-state index in [0.717, 1.165) is 44.2 Å². The Hall–Kier alpha value is -3.55. The van der Waals surface area contributed by atoms with E-state index in [2.05, 4.69) is 15.7 Å². The molecule has 2 aromatic heterocycles. The van der Waals surface area contributed by atoms with Gasteiger partial charge in [-0.1, -0.05) is 12.8 Å². The van der Waals surface area contributed by atoms with Gasteiger partial charge in [0.25, 0.3) is 5.91 Å². The Labute approximate surface area is 179 Å². The van der Waals surface area contributed by atoms with Gasteiger partial charge < -0.3 is 20.2 Å². The van der Waals surface area contributed by atoms with Gasteiger partial charge in [-0.05, 0) is 62.1 Å². The molecule has 3 N–H and O–H groups in total. The van der Waals surface area contributed by atoms with E-state index in [1.807, 2.05) is 6.07 Å². The summed E-state index contributed by atoms with van der Waals surface area (Å²) in [7, 11) is 0. The highest BCUT2D eigenvalue weighted by molar-refractivity contribution is 6.02. The van der Waals surface area contributed by atoms with Gasteiger partial charge in [0.2, 0.25) is 0 Å². The number of anilines is 1. The summed E-state index contributed by atoms with van der Waals surface area (Å²) < 4.78 is 6.58. The first-order valence-corrected chi connectivity index (χ1v) is 10.7. The van der Waals surface area contributed by atoms with Crippen molar-refractivity contribution in [3.05, 3.63) is 54.1 Å². The van der Waals surface area contributed by atoms with Crippen LogP contribution in [-0.2, 0) is 0 Å². The molecule has 2 heterocycles. The Kier molecular flexibility index (Phi) is 4.97. The van der Waals surface area contributed by atoms with Gasteiger partial charge in [-0.25, -0.2) is 4.79 Å². The van der Waals surface area contributed by atoms with Crippen molar-refractivity contribution in [3.63, 3.8) is 0 Å². The lowest BCUT2D eigenvalue weighted by molar-refractivity contribution is 0.0996. The van der Waals surface area contributed by atoms with Crippen molar-refractivity contribution in [1.29, 1.82) is 0 Å². The molecule has 2 fully saturated rings. The van der Waals surface area contributed by atoms with Crippen molar-refractivity contribution in [1.82, 2.24) is 15.1 Å². The maximum absolute atomic E-state index is 12.8. The first kappa shape index (κ1) is 19.4. The summed E-state index contributed by atoms with van der Waals surface area (Å²) in [5.74, 6) is 0.109. The number of rotatable bonds is 5. The van der Waals surface area contributed by atoms with E-state index < -0.39 is 0 Å². The van der Waals surface area contributed by atoms with Gasteiger partial charge in [0.1, 0.15) is 5.75 Å². The van der Waals surface area contributed by atoms with Crippen molar-refractivity contribution in [2.24, 2.45) is 0 Å². The number of carbonyl (C=O) groups is 2. The fraction of sp³-hybridized carbons (Fsp3) is 0.348. The van der Waals surface area contributed by atoms with Crippen molar-refractivity contribution in [3.8, 4) is 17.0 Å².